The first kappa shape index (κ1) is 18.5. The summed E-state index contributed by atoms with van der Waals surface area (Å²) in [7, 11) is 0. The van der Waals surface area contributed by atoms with Gasteiger partial charge < -0.3 is 0 Å². The summed E-state index contributed by atoms with van der Waals surface area (Å²) < 4.78 is 14.6. The van der Waals surface area contributed by atoms with Crippen LogP contribution in [0.25, 0.3) is 0 Å². The third kappa shape index (κ3) is 3.47. The van der Waals surface area contributed by atoms with Crippen LogP contribution in [-0.4, -0.2) is 15.7 Å². The van der Waals surface area contributed by atoms with Crippen LogP contribution in [0.4, 0.5) is 15.8 Å². The molecule has 28 heavy (non-hydrogen) atoms. The molecule has 1 aliphatic rings. The van der Waals surface area contributed by atoms with Gasteiger partial charge in [0.05, 0.1) is 16.4 Å². The van der Waals surface area contributed by atoms with Crippen LogP contribution in [-0.2, 0) is 12.8 Å². The number of hydrogen-bond acceptors (Lipinski definition) is 4. The Balaban J connectivity index is 1.76. The molecule has 4 rings (SSSR count). The largest absolute Gasteiger partial charge is 0.278 e. The lowest BCUT2D eigenvalue weighted by Gasteiger charge is -2.26. The Bertz CT molecular complexity index is 1090. The summed E-state index contributed by atoms with van der Waals surface area (Å²) in [5, 5.41) is 13.7. The number of carbonyl (C=O) groups excluding carboxylic acids is 1. The zero-order valence-electron chi connectivity index (χ0n) is 15.5. The maximum absolute atomic E-state index is 13.2. The fraction of sp³-hybridized carbons (Fsp3) is 0.238. The van der Waals surface area contributed by atoms with Crippen molar-refractivity contribution in [2.75, 3.05) is 0 Å². The predicted octanol–water partition coefficient (Wildman–Crippen LogP) is 5.90. The van der Waals surface area contributed by atoms with Gasteiger partial charge in [-0.05, 0) is 54.7 Å². The number of azo groups is 1. The molecule has 2 aromatic carbocycles. The van der Waals surface area contributed by atoms with Gasteiger partial charge in [-0.3, -0.25) is 4.79 Å². The fourth-order valence-electron chi connectivity index (χ4n) is 3.38. The van der Waals surface area contributed by atoms with Gasteiger partial charge in [0, 0.05) is 5.56 Å². The van der Waals surface area contributed by atoms with Crippen LogP contribution in [0.2, 0.25) is 5.02 Å². The van der Waals surface area contributed by atoms with Crippen LogP contribution >= 0.6 is 11.6 Å². The first-order valence-corrected chi connectivity index (χ1v) is 9.29. The molecule has 0 aliphatic heterocycles. The molecule has 1 aliphatic carbocycles. The molecule has 2 bridgehead atoms. The predicted molar refractivity (Wildman–Crippen MR) is 105 cm³/mol. The molecular formula is C21H18ClFN4O. The fourth-order valence-corrected chi connectivity index (χ4v) is 3.55. The Hall–Kier alpha value is -2.86. The van der Waals surface area contributed by atoms with E-state index in [4.69, 9.17) is 11.6 Å². The van der Waals surface area contributed by atoms with Crippen molar-refractivity contribution in [1.82, 2.24) is 9.78 Å². The van der Waals surface area contributed by atoms with E-state index >= 15 is 0 Å². The maximum Gasteiger partial charge on any atom is 0.278 e. The van der Waals surface area contributed by atoms with Crippen LogP contribution in [0.1, 0.15) is 35.6 Å². The lowest BCUT2D eigenvalue weighted by molar-refractivity contribution is 0.0941. The number of hydrogen-bond donors (Lipinski definition) is 0. The van der Waals surface area contributed by atoms with Gasteiger partial charge in [-0.2, -0.15) is 9.78 Å². The van der Waals surface area contributed by atoms with Crippen LogP contribution in [0.15, 0.2) is 58.8 Å². The van der Waals surface area contributed by atoms with Gasteiger partial charge in [-0.25, -0.2) is 4.39 Å². The van der Waals surface area contributed by atoms with E-state index in [0.717, 1.165) is 5.69 Å². The highest BCUT2D eigenvalue weighted by Crippen LogP contribution is 2.41. The molecule has 0 unspecified atom stereocenters. The van der Waals surface area contributed by atoms with E-state index < -0.39 is 5.82 Å². The number of aromatic nitrogens is 2. The summed E-state index contributed by atoms with van der Waals surface area (Å²) in [5.74, 6) is -0.703. The number of fused-ring (bicyclic) bond motifs is 2. The van der Waals surface area contributed by atoms with Crippen molar-refractivity contribution in [1.29, 1.82) is 0 Å². The van der Waals surface area contributed by atoms with Crippen LogP contribution < -0.4 is 0 Å². The summed E-state index contributed by atoms with van der Waals surface area (Å²) in [6.07, 6.45) is 1.31. The molecule has 0 fully saturated rings. The third-order valence-corrected chi connectivity index (χ3v) is 5.03. The van der Waals surface area contributed by atoms with Gasteiger partial charge in [0.15, 0.2) is 0 Å². The Morgan fingerprint density at radius 3 is 2.54 bits per heavy atom. The molecule has 0 saturated heterocycles. The standard InChI is InChI=1S/C21H18ClFN4O/c1-21(2)11-17-19(25-24-16-6-4-3-5-15(16)22)18(12-21)27(26-17)20(28)13-7-9-14(23)10-8-13/h3-10H,11-12H2,1-2H3. The minimum atomic E-state index is -0.391. The molecule has 0 amide bonds. The highest BCUT2D eigenvalue weighted by Gasteiger charge is 2.35. The Labute approximate surface area is 166 Å². The molecule has 7 heteroatoms. The van der Waals surface area contributed by atoms with E-state index in [2.05, 4.69) is 29.2 Å². The van der Waals surface area contributed by atoms with Crippen molar-refractivity contribution in [3.8, 4) is 0 Å². The van der Waals surface area contributed by atoms with E-state index in [0.29, 0.717) is 40.5 Å². The molecule has 0 saturated carbocycles. The molecular weight excluding hydrogens is 379 g/mol. The summed E-state index contributed by atoms with van der Waals surface area (Å²) in [4.78, 5) is 13.0. The van der Waals surface area contributed by atoms with Crippen molar-refractivity contribution in [2.45, 2.75) is 26.7 Å². The summed E-state index contributed by atoms with van der Waals surface area (Å²) in [5.41, 5.74) is 2.91. The monoisotopic (exact) mass is 396 g/mol. The minimum Gasteiger partial charge on any atom is -0.267 e. The second-order valence-corrected chi connectivity index (χ2v) is 8.04. The van der Waals surface area contributed by atoms with Gasteiger partial charge in [0.25, 0.3) is 5.91 Å². The van der Waals surface area contributed by atoms with Gasteiger partial charge in [0.2, 0.25) is 0 Å². The average Bonchev–Trinajstić information content (AvgIpc) is 2.88. The molecule has 0 N–H and O–H groups in total. The topological polar surface area (TPSA) is 59.6 Å². The zero-order valence-corrected chi connectivity index (χ0v) is 16.2. The number of halogens is 2. The smallest absolute Gasteiger partial charge is 0.267 e. The first-order valence-electron chi connectivity index (χ1n) is 8.91. The Kier molecular flexibility index (Phi) is 4.59. The van der Waals surface area contributed by atoms with E-state index in [1.807, 2.05) is 12.1 Å². The van der Waals surface area contributed by atoms with E-state index in [-0.39, 0.29) is 11.3 Å². The van der Waals surface area contributed by atoms with Crippen molar-refractivity contribution >= 4 is 28.9 Å². The summed E-state index contributed by atoms with van der Waals surface area (Å²) in [6, 6.07) is 12.6. The van der Waals surface area contributed by atoms with Crippen molar-refractivity contribution < 1.29 is 9.18 Å². The average molecular weight is 397 g/mol. The van der Waals surface area contributed by atoms with Crippen LogP contribution in [0.3, 0.4) is 0 Å². The normalized spacial score (nSPS) is 15.1. The highest BCUT2D eigenvalue weighted by atomic mass is 35.5. The van der Waals surface area contributed by atoms with Crippen molar-refractivity contribution in [2.24, 2.45) is 15.6 Å². The number of carbonyl (C=O) groups is 1. The maximum atomic E-state index is 13.2. The molecule has 1 aromatic heterocycles. The third-order valence-electron chi connectivity index (χ3n) is 4.71. The lowest BCUT2D eigenvalue weighted by atomic mass is 9.79. The number of rotatable bonds is 3. The number of benzene rings is 2. The van der Waals surface area contributed by atoms with Gasteiger partial charge in [0.1, 0.15) is 17.2 Å². The molecule has 3 aromatic rings. The summed E-state index contributed by atoms with van der Waals surface area (Å²) >= 11 is 6.15. The molecule has 0 atom stereocenters. The number of nitrogens with zero attached hydrogens (tertiary/aromatic N) is 4. The second-order valence-electron chi connectivity index (χ2n) is 7.64. The van der Waals surface area contributed by atoms with Crippen LogP contribution in [0.5, 0.6) is 0 Å². The van der Waals surface area contributed by atoms with E-state index in [1.54, 1.807) is 12.1 Å². The van der Waals surface area contributed by atoms with Gasteiger partial charge in [-0.1, -0.05) is 37.6 Å². The minimum absolute atomic E-state index is 0.0462. The van der Waals surface area contributed by atoms with E-state index in [1.165, 1.54) is 28.9 Å². The van der Waals surface area contributed by atoms with Crippen molar-refractivity contribution in [3.63, 3.8) is 0 Å². The molecule has 0 spiro atoms. The zero-order chi connectivity index (χ0) is 19.9. The molecule has 5 nitrogen and oxygen atoms in total. The second kappa shape index (κ2) is 6.95. The summed E-state index contributed by atoms with van der Waals surface area (Å²) in [6.45, 7) is 4.24. The first-order chi connectivity index (χ1) is 13.3. The van der Waals surface area contributed by atoms with Gasteiger partial charge in [-0.15, -0.1) is 10.2 Å². The molecule has 0 radical (unpaired) electrons. The SMILES string of the molecule is CC1(C)Cc2nn(C(=O)c3ccc(F)cc3)c(c2N=Nc2ccccc2Cl)C1. The van der Waals surface area contributed by atoms with E-state index in [9.17, 15) is 9.18 Å². The van der Waals surface area contributed by atoms with Crippen LogP contribution in [0, 0.1) is 11.2 Å². The highest BCUT2D eigenvalue weighted by molar-refractivity contribution is 6.32. The quantitative estimate of drug-likeness (QED) is 0.517. The molecule has 1 heterocycles. The Morgan fingerprint density at radius 1 is 1.11 bits per heavy atom. The van der Waals surface area contributed by atoms with Crippen molar-refractivity contribution in [3.05, 3.63) is 76.3 Å². The molecule has 142 valence electrons. The lowest BCUT2D eigenvalue weighted by Crippen LogP contribution is -2.23. The Morgan fingerprint density at radius 2 is 1.82 bits per heavy atom. The van der Waals surface area contributed by atoms with Gasteiger partial charge >= 0.3 is 0 Å².